The average Bonchev–Trinajstić information content (AvgIpc) is 3.55. The molecule has 1 amide bonds. The summed E-state index contributed by atoms with van der Waals surface area (Å²) < 4.78 is 10.3. The van der Waals surface area contributed by atoms with E-state index >= 15 is 0 Å². The molecule has 0 N–H and O–H groups in total. The summed E-state index contributed by atoms with van der Waals surface area (Å²) in [4.78, 5) is 38.8. The zero-order valence-corrected chi connectivity index (χ0v) is 22.6. The normalized spacial score (nSPS) is 15.8. The van der Waals surface area contributed by atoms with Gasteiger partial charge in [0.1, 0.15) is 5.82 Å². The first-order chi connectivity index (χ1) is 19.1. The second-order valence-electron chi connectivity index (χ2n) is 10.2. The molecule has 8 nitrogen and oxygen atoms in total. The van der Waals surface area contributed by atoms with Gasteiger partial charge in [-0.1, -0.05) is 18.2 Å². The van der Waals surface area contributed by atoms with Gasteiger partial charge in [0, 0.05) is 62.3 Å². The van der Waals surface area contributed by atoms with Crippen LogP contribution in [0.2, 0.25) is 0 Å². The lowest BCUT2D eigenvalue weighted by molar-refractivity contribution is -0.140. The molecule has 8 heteroatoms. The van der Waals surface area contributed by atoms with Crippen molar-refractivity contribution in [1.82, 2.24) is 9.97 Å². The number of carbonyl (C=O) groups is 2. The van der Waals surface area contributed by atoms with E-state index in [9.17, 15) is 9.59 Å². The smallest absolute Gasteiger partial charge is 0.305 e. The molecule has 1 aromatic carbocycles. The number of esters is 1. The minimum Gasteiger partial charge on any atom is -0.469 e. The summed E-state index contributed by atoms with van der Waals surface area (Å²) in [6.07, 6.45) is 8.24. The highest BCUT2D eigenvalue weighted by atomic mass is 16.5. The first kappa shape index (κ1) is 26.8. The lowest BCUT2D eigenvalue weighted by Crippen LogP contribution is -2.39. The van der Waals surface area contributed by atoms with Gasteiger partial charge in [-0.05, 0) is 73.6 Å². The molecule has 0 saturated carbocycles. The van der Waals surface area contributed by atoms with Crippen molar-refractivity contribution in [1.29, 1.82) is 0 Å². The minimum atomic E-state index is -0.265. The number of nitrogens with zero attached hydrogens (tertiary/aromatic N) is 4. The van der Waals surface area contributed by atoms with Gasteiger partial charge in [0.25, 0.3) is 0 Å². The minimum absolute atomic E-state index is 0.0279. The van der Waals surface area contributed by atoms with E-state index in [1.54, 1.807) is 11.1 Å². The zero-order chi connectivity index (χ0) is 27.0. The van der Waals surface area contributed by atoms with Gasteiger partial charge in [-0.3, -0.25) is 19.5 Å². The topological polar surface area (TPSA) is 84.9 Å². The Labute approximate surface area is 230 Å². The van der Waals surface area contributed by atoms with E-state index in [-0.39, 0.29) is 24.2 Å². The van der Waals surface area contributed by atoms with Crippen molar-refractivity contribution in [2.45, 2.75) is 45.1 Å². The van der Waals surface area contributed by atoms with E-state index in [2.05, 4.69) is 40.2 Å². The highest BCUT2D eigenvalue weighted by molar-refractivity contribution is 5.94. The number of hydrogen-bond donors (Lipinski definition) is 0. The fraction of sp³-hybridized carbons (Fsp3) is 0.419. The van der Waals surface area contributed by atoms with Crippen LogP contribution in [-0.2, 0) is 32.0 Å². The second-order valence-corrected chi connectivity index (χ2v) is 10.2. The second kappa shape index (κ2) is 12.8. The van der Waals surface area contributed by atoms with E-state index < -0.39 is 0 Å². The van der Waals surface area contributed by atoms with Crippen LogP contribution in [0.3, 0.4) is 0 Å². The highest BCUT2D eigenvalue weighted by Crippen LogP contribution is 2.28. The van der Waals surface area contributed by atoms with E-state index in [1.807, 2.05) is 24.4 Å². The SMILES string of the molecule is COC(=O)CCc1ccnc(N(Cc2ccc(-c3cccc(N4CCCC4)c3)cn2)C(=O)C2CCOCC2)c1. The van der Waals surface area contributed by atoms with Crippen LogP contribution < -0.4 is 9.80 Å². The van der Waals surface area contributed by atoms with Crippen molar-refractivity contribution in [3.63, 3.8) is 0 Å². The van der Waals surface area contributed by atoms with Crippen molar-refractivity contribution >= 4 is 23.4 Å². The van der Waals surface area contributed by atoms with Crippen LogP contribution in [0, 0.1) is 5.92 Å². The Morgan fingerprint density at radius 2 is 1.85 bits per heavy atom. The molecular formula is C31H36N4O4. The molecule has 39 heavy (non-hydrogen) atoms. The Balaban J connectivity index is 1.36. The number of rotatable bonds is 9. The number of anilines is 2. The lowest BCUT2D eigenvalue weighted by Gasteiger charge is -2.29. The first-order valence-electron chi connectivity index (χ1n) is 13.8. The molecule has 0 spiro atoms. The largest absolute Gasteiger partial charge is 0.469 e. The number of methoxy groups -OCH3 is 1. The van der Waals surface area contributed by atoms with Gasteiger partial charge in [-0.15, -0.1) is 0 Å². The molecule has 2 fully saturated rings. The molecule has 204 valence electrons. The van der Waals surface area contributed by atoms with Gasteiger partial charge in [-0.2, -0.15) is 0 Å². The molecule has 0 bridgehead atoms. The molecule has 2 aliphatic heterocycles. The van der Waals surface area contributed by atoms with Crippen molar-refractivity contribution in [3.05, 3.63) is 72.2 Å². The Hall–Kier alpha value is -3.78. The van der Waals surface area contributed by atoms with Crippen molar-refractivity contribution in [3.8, 4) is 11.1 Å². The van der Waals surface area contributed by atoms with Gasteiger partial charge in [-0.25, -0.2) is 4.98 Å². The number of ether oxygens (including phenoxy) is 2. The van der Waals surface area contributed by atoms with Gasteiger partial charge in [0.2, 0.25) is 5.91 Å². The molecule has 2 saturated heterocycles. The number of aryl methyl sites for hydroxylation is 1. The molecular weight excluding hydrogens is 492 g/mol. The summed E-state index contributed by atoms with van der Waals surface area (Å²) in [5.41, 5.74) is 5.15. The molecule has 5 rings (SSSR count). The Bertz CT molecular complexity index is 1270. The fourth-order valence-electron chi connectivity index (χ4n) is 5.26. The third-order valence-electron chi connectivity index (χ3n) is 7.56. The fourth-order valence-corrected chi connectivity index (χ4v) is 5.26. The number of benzene rings is 1. The maximum atomic E-state index is 13.7. The standard InChI is InChI=1S/C31H36N4O4/c1-38-30(36)10-7-23-11-14-32-29(19-23)35(31(37)24-12-17-39-18-13-24)22-27-9-8-26(21-33-27)25-5-4-6-28(20-25)34-15-2-3-16-34/h4-6,8-9,11,14,19-21,24H,2-3,7,10,12-13,15-18,22H2,1H3. The first-order valence-corrected chi connectivity index (χ1v) is 13.8. The Morgan fingerprint density at radius 3 is 2.59 bits per heavy atom. The molecule has 0 radical (unpaired) electrons. The summed E-state index contributed by atoms with van der Waals surface area (Å²) in [6.45, 7) is 3.70. The number of carbonyl (C=O) groups excluding carboxylic acids is 2. The summed E-state index contributed by atoms with van der Waals surface area (Å²) in [7, 11) is 1.39. The summed E-state index contributed by atoms with van der Waals surface area (Å²) >= 11 is 0. The van der Waals surface area contributed by atoms with E-state index in [4.69, 9.17) is 14.5 Å². The molecule has 4 heterocycles. The quantitative estimate of drug-likeness (QED) is 0.369. The van der Waals surface area contributed by atoms with Gasteiger partial charge in [0.05, 0.1) is 19.3 Å². The molecule has 3 aromatic rings. The summed E-state index contributed by atoms with van der Waals surface area (Å²) in [5, 5.41) is 0. The third-order valence-corrected chi connectivity index (χ3v) is 7.56. The predicted molar refractivity (Wildman–Crippen MR) is 150 cm³/mol. The van der Waals surface area contributed by atoms with Crippen LogP contribution in [0.15, 0.2) is 60.9 Å². The summed E-state index contributed by atoms with van der Waals surface area (Å²) in [6, 6.07) is 16.4. The Morgan fingerprint density at radius 1 is 1.03 bits per heavy atom. The van der Waals surface area contributed by atoms with Crippen molar-refractivity contribution in [2.75, 3.05) is 43.2 Å². The maximum absolute atomic E-state index is 13.7. The van der Waals surface area contributed by atoms with Crippen LogP contribution in [0.5, 0.6) is 0 Å². The molecule has 0 aliphatic carbocycles. The monoisotopic (exact) mass is 528 g/mol. The van der Waals surface area contributed by atoms with E-state index in [0.29, 0.717) is 44.8 Å². The van der Waals surface area contributed by atoms with Crippen LogP contribution in [0.25, 0.3) is 11.1 Å². The molecule has 2 aromatic heterocycles. The van der Waals surface area contributed by atoms with E-state index in [1.165, 1.54) is 25.6 Å². The van der Waals surface area contributed by atoms with E-state index in [0.717, 1.165) is 35.5 Å². The summed E-state index contributed by atoms with van der Waals surface area (Å²) in [5.74, 6) is 0.212. The molecule has 0 unspecified atom stereocenters. The molecule has 0 atom stereocenters. The Kier molecular flexibility index (Phi) is 8.83. The number of aromatic nitrogens is 2. The van der Waals surface area contributed by atoms with Crippen LogP contribution >= 0.6 is 0 Å². The van der Waals surface area contributed by atoms with Gasteiger partial charge in [0.15, 0.2) is 0 Å². The average molecular weight is 529 g/mol. The number of pyridine rings is 2. The zero-order valence-electron chi connectivity index (χ0n) is 22.6. The van der Waals surface area contributed by atoms with Gasteiger partial charge >= 0.3 is 5.97 Å². The maximum Gasteiger partial charge on any atom is 0.305 e. The number of amides is 1. The highest BCUT2D eigenvalue weighted by Gasteiger charge is 2.28. The third kappa shape index (κ3) is 6.81. The van der Waals surface area contributed by atoms with Gasteiger partial charge < -0.3 is 14.4 Å². The molecule has 2 aliphatic rings. The number of hydrogen-bond acceptors (Lipinski definition) is 7. The van der Waals surface area contributed by atoms with Crippen LogP contribution in [0.1, 0.15) is 43.4 Å². The van der Waals surface area contributed by atoms with Crippen LogP contribution in [0.4, 0.5) is 11.5 Å². The predicted octanol–water partition coefficient (Wildman–Crippen LogP) is 4.81. The van der Waals surface area contributed by atoms with Crippen molar-refractivity contribution < 1.29 is 19.1 Å². The van der Waals surface area contributed by atoms with Crippen molar-refractivity contribution in [2.24, 2.45) is 5.92 Å². The van der Waals surface area contributed by atoms with Crippen LogP contribution in [-0.4, -0.2) is 55.3 Å². The lowest BCUT2D eigenvalue weighted by atomic mass is 9.98.